The molecular formula is C16H10Br4N2. The van der Waals surface area contributed by atoms with Gasteiger partial charge in [0.1, 0.15) is 4.60 Å². The summed E-state index contributed by atoms with van der Waals surface area (Å²) in [5.74, 6) is 0. The number of aromatic nitrogens is 2. The van der Waals surface area contributed by atoms with Crippen LogP contribution in [-0.4, -0.2) is 9.97 Å². The molecule has 112 valence electrons. The van der Waals surface area contributed by atoms with E-state index in [1.807, 2.05) is 42.5 Å². The molecule has 1 aromatic carbocycles. The van der Waals surface area contributed by atoms with Crippen molar-refractivity contribution >= 4 is 63.7 Å². The molecule has 0 N–H and O–H groups in total. The maximum atomic E-state index is 4.32. The average molecular weight is 550 g/mol. The first-order valence-electron chi connectivity index (χ1n) is 6.19. The van der Waals surface area contributed by atoms with Crippen molar-refractivity contribution in [3.63, 3.8) is 0 Å². The van der Waals surface area contributed by atoms with Gasteiger partial charge in [-0.2, -0.15) is 0 Å². The molecule has 2 aromatic heterocycles. The lowest BCUT2D eigenvalue weighted by Gasteiger charge is -2.00. The Morgan fingerprint density at radius 2 is 1.32 bits per heavy atom. The van der Waals surface area contributed by atoms with Crippen LogP contribution in [-0.2, 0) is 0 Å². The molecule has 22 heavy (non-hydrogen) atoms. The molecule has 0 saturated carbocycles. The molecule has 0 aliphatic heterocycles. The minimum absolute atomic E-state index is 0.862. The minimum Gasteiger partial charge on any atom is -0.255 e. The van der Waals surface area contributed by atoms with E-state index < -0.39 is 0 Å². The highest BCUT2D eigenvalue weighted by Crippen LogP contribution is 2.22. The van der Waals surface area contributed by atoms with Gasteiger partial charge in [-0.15, -0.1) is 0 Å². The third kappa shape index (κ3) is 5.91. The third-order valence-electron chi connectivity index (χ3n) is 2.54. The standard InChI is InChI=1S/C11H7Br2N.C5H3Br2N/c12-9-3-1-2-8(6-9)11-5-4-10(13)7-14-11;6-4-1-2-5(7)8-3-4/h1-7H;1-3H. The van der Waals surface area contributed by atoms with Crippen LogP contribution in [0.4, 0.5) is 0 Å². The van der Waals surface area contributed by atoms with E-state index in [0.29, 0.717) is 0 Å². The van der Waals surface area contributed by atoms with Crippen LogP contribution in [0.25, 0.3) is 11.3 Å². The van der Waals surface area contributed by atoms with Crippen LogP contribution in [0.15, 0.2) is 78.9 Å². The van der Waals surface area contributed by atoms with E-state index in [1.54, 1.807) is 12.4 Å². The van der Waals surface area contributed by atoms with Crippen LogP contribution in [0, 0.1) is 0 Å². The molecule has 2 heterocycles. The molecule has 0 amide bonds. The zero-order valence-electron chi connectivity index (χ0n) is 11.2. The van der Waals surface area contributed by atoms with E-state index in [0.717, 1.165) is 29.3 Å². The lowest BCUT2D eigenvalue weighted by atomic mass is 10.1. The number of hydrogen-bond donors (Lipinski definition) is 0. The van der Waals surface area contributed by atoms with Gasteiger partial charge in [-0.25, -0.2) is 4.98 Å². The third-order valence-corrected chi connectivity index (χ3v) is 4.44. The van der Waals surface area contributed by atoms with Gasteiger partial charge in [-0.05, 0) is 84.2 Å². The summed E-state index contributed by atoms with van der Waals surface area (Å²) >= 11 is 13.3. The number of benzene rings is 1. The van der Waals surface area contributed by atoms with E-state index in [2.05, 4.69) is 79.8 Å². The number of hydrogen-bond acceptors (Lipinski definition) is 2. The van der Waals surface area contributed by atoms with Crippen molar-refractivity contribution in [3.8, 4) is 11.3 Å². The Balaban J connectivity index is 0.000000188. The highest BCUT2D eigenvalue weighted by Gasteiger charge is 1.98. The van der Waals surface area contributed by atoms with Crippen LogP contribution in [0.3, 0.4) is 0 Å². The van der Waals surface area contributed by atoms with Crippen molar-refractivity contribution in [2.45, 2.75) is 0 Å². The van der Waals surface area contributed by atoms with E-state index in [-0.39, 0.29) is 0 Å². The monoisotopic (exact) mass is 546 g/mol. The molecule has 0 unspecified atom stereocenters. The highest BCUT2D eigenvalue weighted by molar-refractivity contribution is 9.11. The molecule has 0 bridgehead atoms. The second kappa shape index (κ2) is 8.91. The van der Waals surface area contributed by atoms with Crippen LogP contribution in [0.5, 0.6) is 0 Å². The number of nitrogens with zero attached hydrogens (tertiary/aromatic N) is 2. The maximum Gasteiger partial charge on any atom is 0.106 e. The van der Waals surface area contributed by atoms with E-state index in [1.165, 1.54) is 0 Å². The van der Waals surface area contributed by atoms with Gasteiger partial charge >= 0.3 is 0 Å². The fourth-order valence-corrected chi connectivity index (χ4v) is 2.66. The molecule has 0 radical (unpaired) electrons. The first-order chi connectivity index (χ1) is 10.5. The summed E-state index contributed by atoms with van der Waals surface area (Å²) in [6.45, 7) is 0. The van der Waals surface area contributed by atoms with Crippen molar-refractivity contribution in [1.29, 1.82) is 0 Å². The predicted octanol–water partition coefficient (Wildman–Crippen LogP) is 6.88. The molecule has 0 atom stereocenters. The summed E-state index contributed by atoms with van der Waals surface area (Å²) in [5, 5.41) is 0. The Morgan fingerprint density at radius 3 is 1.82 bits per heavy atom. The second-order valence-corrected chi connectivity index (χ2v) is 7.73. The van der Waals surface area contributed by atoms with Crippen LogP contribution in [0.2, 0.25) is 0 Å². The molecule has 3 aromatic rings. The normalized spacial score (nSPS) is 9.82. The molecule has 2 nitrogen and oxygen atoms in total. The molecule has 0 aliphatic carbocycles. The lowest BCUT2D eigenvalue weighted by Crippen LogP contribution is -1.82. The predicted molar refractivity (Wildman–Crippen MR) is 105 cm³/mol. The van der Waals surface area contributed by atoms with E-state index >= 15 is 0 Å². The largest absolute Gasteiger partial charge is 0.255 e. The smallest absolute Gasteiger partial charge is 0.106 e. The summed E-state index contributed by atoms with van der Waals surface area (Å²) < 4.78 is 3.93. The Hall–Kier alpha value is -0.560. The first-order valence-corrected chi connectivity index (χ1v) is 9.36. The van der Waals surface area contributed by atoms with Crippen LogP contribution in [0.1, 0.15) is 0 Å². The minimum atomic E-state index is 0.862. The van der Waals surface area contributed by atoms with Gasteiger partial charge < -0.3 is 0 Å². The molecule has 0 saturated heterocycles. The van der Waals surface area contributed by atoms with Gasteiger partial charge in [0.15, 0.2) is 0 Å². The Bertz CT molecular complexity index is 707. The molecule has 0 aliphatic rings. The summed E-state index contributed by atoms with van der Waals surface area (Å²) in [7, 11) is 0. The topological polar surface area (TPSA) is 25.8 Å². The zero-order chi connectivity index (χ0) is 15.9. The number of halogens is 4. The Morgan fingerprint density at radius 1 is 0.636 bits per heavy atom. The summed E-state index contributed by atoms with van der Waals surface area (Å²) in [5.41, 5.74) is 2.10. The van der Waals surface area contributed by atoms with Crippen molar-refractivity contribution < 1.29 is 0 Å². The maximum absolute atomic E-state index is 4.32. The summed E-state index contributed by atoms with van der Waals surface area (Å²) in [6.07, 6.45) is 3.54. The van der Waals surface area contributed by atoms with Crippen LogP contribution >= 0.6 is 63.7 Å². The fourth-order valence-electron chi connectivity index (χ4n) is 1.55. The highest BCUT2D eigenvalue weighted by atomic mass is 79.9. The van der Waals surface area contributed by atoms with Gasteiger partial charge in [0.2, 0.25) is 0 Å². The van der Waals surface area contributed by atoms with E-state index in [9.17, 15) is 0 Å². The van der Waals surface area contributed by atoms with Crippen LogP contribution < -0.4 is 0 Å². The fraction of sp³-hybridized carbons (Fsp3) is 0. The molecule has 0 spiro atoms. The number of pyridine rings is 2. The van der Waals surface area contributed by atoms with Gasteiger partial charge in [0.05, 0.1) is 5.69 Å². The molecule has 6 heteroatoms. The Kier molecular flexibility index (Phi) is 7.21. The lowest BCUT2D eigenvalue weighted by molar-refractivity contribution is 1.26. The zero-order valence-corrected chi connectivity index (χ0v) is 17.5. The quantitative estimate of drug-likeness (QED) is 0.309. The Labute approximate surface area is 162 Å². The second-order valence-electron chi connectivity index (χ2n) is 4.17. The summed E-state index contributed by atoms with van der Waals surface area (Å²) in [4.78, 5) is 8.27. The van der Waals surface area contributed by atoms with Crippen molar-refractivity contribution in [2.75, 3.05) is 0 Å². The van der Waals surface area contributed by atoms with Gasteiger partial charge in [-0.3, -0.25) is 4.98 Å². The van der Waals surface area contributed by atoms with Crippen molar-refractivity contribution in [3.05, 3.63) is 78.9 Å². The van der Waals surface area contributed by atoms with Gasteiger partial charge in [0, 0.05) is 31.4 Å². The van der Waals surface area contributed by atoms with E-state index in [4.69, 9.17) is 0 Å². The first kappa shape index (κ1) is 17.8. The number of rotatable bonds is 1. The molecule has 3 rings (SSSR count). The molecule has 0 fully saturated rings. The van der Waals surface area contributed by atoms with Gasteiger partial charge in [0.25, 0.3) is 0 Å². The average Bonchev–Trinajstić information content (AvgIpc) is 2.52. The van der Waals surface area contributed by atoms with Crippen molar-refractivity contribution in [1.82, 2.24) is 9.97 Å². The SMILES string of the molecule is Brc1ccc(-c2cccc(Br)c2)nc1.Brc1ccc(Br)nc1. The van der Waals surface area contributed by atoms with Crippen molar-refractivity contribution in [2.24, 2.45) is 0 Å². The van der Waals surface area contributed by atoms with Gasteiger partial charge in [-0.1, -0.05) is 28.1 Å². The molecular weight excluding hydrogens is 540 g/mol. The summed E-state index contributed by atoms with van der Waals surface area (Å²) in [6, 6.07) is 15.9.